The van der Waals surface area contributed by atoms with Gasteiger partial charge in [-0.1, -0.05) is 18.2 Å². The average molecular weight is 393 g/mol. The van der Waals surface area contributed by atoms with Crippen LogP contribution in [0.25, 0.3) is 5.76 Å². The molecular formula is C22H16FNO5. The Balaban J connectivity index is 1.93. The third-order valence-corrected chi connectivity index (χ3v) is 4.69. The van der Waals surface area contributed by atoms with Gasteiger partial charge in [0.25, 0.3) is 11.7 Å². The minimum Gasteiger partial charge on any atom is -0.507 e. The highest BCUT2D eigenvalue weighted by Gasteiger charge is 2.48. The van der Waals surface area contributed by atoms with Crippen LogP contribution in [0, 0.1) is 5.82 Å². The SMILES string of the molecule is COc1cccc(/C(O)=C2/C(=O)C(=O)N(c3cccc(F)c3)C2c2ccco2)c1. The number of furan rings is 1. The lowest BCUT2D eigenvalue weighted by molar-refractivity contribution is -0.132. The summed E-state index contributed by atoms with van der Waals surface area (Å²) in [6.45, 7) is 0. The maximum absolute atomic E-state index is 13.8. The second kappa shape index (κ2) is 7.27. The zero-order valence-corrected chi connectivity index (χ0v) is 15.3. The summed E-state index contributed by atoms with van der Waals surface area (Å²) in [4.78, 5) is 26.8. The van der Waals surface area contributed by atoms with Gasteiger partial charge in [-0.3, -0.25) is 14.5 Å². The van der Waals surface area contributed by atoms with Crippen molar-refractivity contribution in [2.45, 2.75) is 6.04 Å². The molecule has 0 radical (unpaired) electrons. The molecule has 146 valence electrons. The zero-order valence-electron chi connectivity index (χ0n) is 15.3. The monoisotopic (exact) mass is 393 g/mol. The van der Waals surface area contributed by atoms with Crippen LogP contribution in [-0.2, 0) is 9.59 Å². The summed E-state index contributed by atoms with van der Waals surface area (Å²) in [7, 11) is 1.48. The number of rotatable bonds is 4. The van der Waals surface area contributed by atoms with Gasteiger partial charge in [-0.15, -0.1) is 0 Å². The summed E-state index contributed by atoms with van der Waals surface area (Å²) in [6.07, 6.45) is 1.40. The first kappa shape index (κ1) is 18.5. The number of carbonyl (C=O) groups is 2. The van der Waals surface area contributed by atoms with Gasteiger partial charge in [-0.2, -0.15) is 0 Å². The molecule has 1 saturated heterocycles. The largest absolute Gasteiger partial charge is 0.507 e. The molecule has 1 amide bonds. The Morgan fingerprint density at radius 2 is 1.90 bits per heavy atom. The second-order valence-electron chi connectivity index (χ2n) is 6.40. The van der Waals surface area contributed by atoms with E-state index in [0.717, 1.165) is 11.0 Å². The molecule has 1 aliphatic heterocycles. The van der Waals surface area contributed by atoms with Crippen molar-refractivity contribution in [2.75, 3.05) is 12.0 Å². The lowest BCUT2D eigenvalue weighted by atomic mass is 9.99. The predicted octanol–water partition coefficient (Wildman–Crippen LogP) is 4.05. The Morgan fingerprint density at radius 1 is 1.10 bits per heavy atom. The van der Waals surface area contributed by atoms with E-state index in [1.807, 2.05) is 0 Å². The number of carbonyl (C=O) groups excluding carboxylic acids is 2. The van der Waals surface area contributed by atoms with Crippen LogP contribution in [0.5, 0.6) is 5.75 Å². The van der Waals surface area contributed by atoms with Crippen LogP contribution in [0.4, 0.5) is 10.1 Å². The molecule has 0 aliphatic carbocycles. The number of ketones is 1. The fraction of sp³-hybridized carbons (Fsp3) is 0.0909. The third-order valence-electron chi connectivity index (χ3n) is 4.69. The molecule has 0 saturated carbocycles. The van der Waals surface area contributed by atoms with Crippen LogP contribution in [0.1, 0.15) is 17.4 Å². The molecule has 6 nitrogen and oxygen atoms in total. The summed E-state index contributed by atoms with van der Waals surface area (Å²) < 4.78 is 24.4. The Hall–Kier alpha value is -3.87. The quantitative estimate of drug-likeness (QED) is 0.411. The average Bonchev–Trinajstić information content (AvgIpc) is 3.35. The maximum atomic E-state index is 13.8. The van der Waals surface area contributed by atoms with Crippen LogP contribution in [0.2, 0.25) is 0 Å². The van der Waals surface area contributed by atoms with E-state index in [-0.39, 0.29) is 22.8 Å². The number of hydrogen-bond acceptors (Lipinski definition) is 5. The number of ether oxygens (including phenoxy) is 1. The van der Waals surface area contributed by atoms with Gasteiger partial charge in [0.15, 0.2) is 0 Å². The molecular weight excluding hydrogens is 377 g/mol. The van der Waals surface area contributed by atoms with E-state index in [9.17, 15) is 19.1 Å². The highest BCUT2D eigenvalue weighted by molar-refractivity contribution is 6.51. The highest BCUT2D eigenvalue weighted by Crippen LogP contribution is 2.42. The summed E-state index contributed by atoms with van der Waals surface area (Å²) in [5, 5.41) is 10.9. The van der Waals surface area contributed by atoms with Crippen molar-refractivity contribution in [2.24, 2.45) is 0 Å². The number of nitrogens with zero attached hydrogens (tertiary/aromatic N) is 1. The molecule has 0 bridgehead atoms. The minimum absolute atomic E-state index is 0.150. The van der Waals surface area contributed by atoms with Crippen LogP contribution in [0.15, 0.2) is 76.9 Å². The second-order valence-corrected chi connectivity index (χ2v) is 6.40. The molecule has 1 aromatic heterocycles. The number of anilines is 1. The van der Waals surface area contributed by atoms with Gasteiger partial charge in [0.05, 0.1) is 18.9 Å². The van der Waals surface area contributed by atoms with Crippen molar-refractivity contribution in [3.63, 3.8) is 0 Å². The smallest absolute Gasteiger partial charge is 0.300 e. The summed E-state index contributed by atoms with van der Waals surface area (Å²) in [5.74, 6) is -1.98. The summed E-state index contributed by atoms with van der Waals surface area (Å²) in [5.41, 5.74) is 0.332. The van der Waals surface area contributed by atoms with E-state index in [4.69, 9.17) is 9.15 Å². The fourth-order valence-corrected chi connectivity index (χ4v) is 3.37. The number of halogens is 1. The van der Waals surface area contributed by atoms with Gasteiger partial charge in [0.1, 0.15) is 29.1 Å². The lowest BCUT2D eigenvalue weighted by Crippen LogP contribution is -2.29. The highest BCUT2D eigenvalue weighted by atomic mass is 19.1. The predicted molar refractivity (Wildman–Crippen MR) is 103 cm³/mol. The van der Waals surface area contributed by atoms with Gasteiger partial charge >= 0.3 is 0 Å². The normalized spacial score (nSPS) is 18.3. The number of aliphatic hydroxyl groups is 1. The van der Waals surface area contributed by atoms with Crippen molar-refractivity contribution in [3.8, 4) is 5.75 Å². The van der Waals surface area contributed by atoms with Gasteiger partial charge in [0, 0.05) is 11.3 Å². The lowest BCUT2D eigenvalue weighted by Gasteiger charge is -2.23. The van der Waals surface area contributed by atoms with Crippen molar-refractivity contribution in [1.29, 1.82) is 0 Å². The fourth-order valence-electron chi connectivity index (χ4n) is 3.37. The number of hydrogen-bond donors (Lipinski definition) is 1. The first-order valence-electron chi connectivity index (χ1n) is 8.75. The van der Waals surface area contributed by atoms with E-state index in [2.05, 4.69) is 0 Å². The van der Waals surface area contributed by atoms with Crippen LogP contribution >= 0.6 is 0 Å². The van der Waals surface area contributed by atoms with Crippen LogP contribution in [0.3, 0.4) is 0 Å². The van der Waals surface area contributed by atoms with E-state index < -0.39 is 23.5 Å². The molecule has 7 heteroatoms. The Bertz CT molecular complexity index is 1120. The molecule has 3 aromatic rings. The summed E-state index contributed by atoms with van der Waals surface area (Å²) in [6, 6.07) is 13.9. The molecule has 0 spiro atoms. The Kier molecular flexibility index (Phi) is 4.64. The third kappa shape index (κ3) is 3.16. The molecule has 1 N–H and O–H groups in total. The first-order valence-corrected chi connectivity index (χ1v) is 8.75. The van der Waals surface area contributed by atoms with E-state index >= 15 is 0 Å². The summed E-state index contributed by atoms with van der Waals surface area (Å²) >= 11 is 0. The topological polar surface area (TPSA) is 80.0 Å². The van der Waals surface area contributed by atoms with Crippen molar-refractivity contribution in [3.05, 3.63) is 89.6 Å². The Morgan fingerprint density at radius 3 is 2.59 bits per heavy atom. The molecule has 1 aliphatic rings. The van der Waals surface area contributed by atoms with Crippen molar-refractivity contribution >= 4 is 23.1 Å². The van der Waals surface area contributed by atoms with Crippen molar-refractivity contribution < 1.29 is 28.2 Å². The molecule has 1 fully saturated rings. The number of aliphatic hydroxyl groups excluding tert-OH is 1. The van der Waals surface area contributed by atoms with Gasteiger partial charge in [0.2, 0.25) is 0 Å². The van der Waals surface area contributed by atoms with Gasteiger partial charge in [-0.05, 0) is 42.5 Å². The number of amides is 1. The molecule has 1 unspecified atom stereocenters. The van der Waals surface area contributed by atoms with E-state index in [1.165, 1.54) is 31.6 Å². The minimum atomic E-state index is -1.04. The van der Waals surface area contributed by atoms with E-state index in [1.54, 1.807) is 36.4 Å². The van der Waals surface area contributed by atoms with Crippen LogP contribution in [-0.4, -0.2) is 23.9 Å². The zero-order chi connectivity index (χ0) is 20.5. The number of methoxy groups -OCH3 is 1. The van der Waals surface area contributed by atoms with E-state index in [0.29, 0.717) is 11.3 Å². The van der Waals surface area contributed by atoms with Gasteiger partial charge < -0.3 is 14.3 Å². The van der Waals surface area contributed by atoms with Gasteiger partial charge in [-0.25, -0.2) is 4.39 Å². The van der Waals surface area contributed by atoms with Crippen molar-refractivity contribution in [1.82, 2.24) is 0 Å². The molecule has 2 heterocycles. The molecule has 29 heavy (non-hydrogen) atoms. The number of benzene rings is 2. The standard InChI is InChI=1S/C22H16FNO5/c1-28-16-8-2-5-13(11-16)20(25)18-19(17-9-4-10-29-17)24(22(27)21(18)26)15-7-3-6-14(23)12-15/h2-12,19,25H,1H3/b20-18-. The first-order chi connectivity index (χ1) is 14.0. The Labute approximate surface area is 165 Å². The molecule has 4 rings (SSSR count). The molecule has 1 atom stereocenters. The maximum Gasteiger partial charge on any atom is 0.300 e. The number of Topliss-reactive ketones (excluding diaryl/α,β-unsaturated/α-hetero) is 1. The molecule has 2 aromatic carbocycles. The van der Waals surface area contributed by atoms with Crippen LogP contribution < -0.4 is 9.64 Å².